The summed E-state index contributed by atoms with van der Waals surface area (Å²) in [5.74, 6) is 0.0120. The van der Waals surface area contributed by atoms with E-state index in [4.69, 9.17) is 9.88 Å². The first-order chi connectivity index (χ1) is 12.6. The van der Waals surface area contributed by atoms with E-state index in [1.807, 2.05) is 76.4 Å². The molecule has 1 aromatic heterocycles. The molecule has 0 bridgehead atoms. The standard InChI is InChI=1S/C15H27N9O3/c1-18(2)23(19(3)4)15(24(20(5)6)21(7)8)26-27-22-12-10-9-11-13(25)14(12)16-17-22/h9-11H,1-8H3/p+1. The van der Waals surface area contributed by atoms with Crippen LogP contribution >= 0.6 is 0 Å². The van der Waals surface area contributed by atoms with E-state index >= 15 is 0 Å². The van der Waals surface area contributed by atoms with E-state index in [0.717, 1.165) is 4.85 Å². The molecule has 0 saturated carbocycles. The molecule has 12 nitrogen and oxygen atoms in total. The normalized spacial score (nSPS) is 11.0. The molecule has 1 heterocycles. The van der Waals surface area contributed by atoms with Crippen molar-refractivity contribution in [1.82, 2.24) is 40.3 Å². The van der Waals surface area contributed by atoms with E-state index in [2.05, 4.69) is 10.3 Å². The second-order valence-electron chi connectivity index (χ2n) is 6.52. The van der Waals surface area contributed by atoms with Crippen LogP contribution in [0.4, 0.5) is 0 Å². The van der Waals surface area contributed by atoms with Crippen molar-refractivity contribution < 1.29 is 19.8 Å². The summed E-state index contributed by atoms with van der Waals surface area (Å²) >= 11 is 0. The zero-order valence-electron chi connectivity index (χ0n) is 17.0. The highest BCUT2D eigenvalue weighted by Gasteiger charge is 2.36. The molecule has 0 aliphatic rings. The molecule has 0 aliphatic carbocycles. The average molecular weight is 382 g/mol. The molecule has 0 amide bonds. The van der Waals surface area contributed by atoms with Crippen molar-refractivity contribution in [1.29, 1.82) is 0 Å². The lowest BCUT2D eigenvalue weighted by Gasteiger charge is -2.30. The second-order valence-corrected chi connectivity index (χ2v) is 6.52. The van der Waals surface area contributed by atoms with Crippen LogP contribution in [-0.4, -0.2) is 113 Å². The molecule has 12 heteroatoms. The van der Waals surface area contributed by atoms with Gasteiger partial charge in [-0.05, 0) is 27.0 Å². The third kappa shape index (κ3) is 4.23. The van der Waals surface area contributed by atoms with Crippen molar-refractivity contribution in [3.63, 3.8) is 0 Å². The minimum atomic E-state index is 0.0120. The number of nitrogens with zero attached hydrogens (tertiary/aromatic N) is 9. The summed E-state index contributed by atoms with van der Waals surface area (Å²) in [5, 5.41) is 26.7. The lowest BCUT2D eigenvalue weighted by molar-refractivity contribution is -0.809. The van der Waals surface area contributed by atoms with Gasteiger partial charge in [-0.15, -0.1) is 15.1 Å². The van der Waals surface area contributed by atoms with Crippen molar-refractivity contribution in [2.75, 3.05) is 56.4 Å². The number of amidine groups is 1. The number of hydrogen-bond donors (Lipinski definition) is 1. The first-order valence-corrected chi connectivity index (χ1v) is 8.19. The fraction of sp³-hybridized carbons (Fsp3) is 0.533. The molecular weight excluding hydrogens is 354 g/mol. The molecule has 2 aromatic rings. The van der Waals surface area contributed by atoms with Gasteiger partial charge in [0.2, 0.25) is 0 Å². The molecule has 2 rings (SSSR count). The number of hydrazine groups is 4. The maximum Gasteiger partial charge on any atom is 0.576 e. The van der Waals surface area contributed by atoms with Crippen LogP contribution in [0.3, 0.4) is 0 Å². The number of aromatic nitrogens is 3. The number of benzene rings is 1. The number of hydrogen-bond acceptors (Lipinski definition) is 9. The Hall–Kier alpha value is -2.99. The predicted molar refractivity (Wildman–Crippen MR) is 98.7 cm³/mol. The molecule has 0 fully saturated rings. The van der Waals surface area contributed by atoms with Crippen molar-refractivity contribution in [3.8, 4) is 5.75 Å². The van der Waals surface area contributed by atoms with Gasteiger partial charge in [0.15, 0.2) is 5.52 Å². The fourth-order valence-corrected chi connectivity index (χ4v) is 2.58. The molecule has 0 atom stereocenters. The Labute approximate surface area is 158 Å². The SMILES string of the molecule is CN(C)N(C(OOn1nnc2c(O)cccc21)=[N+](N(C)C)N(C)C)N(C)C. The highest BCUT2D eigenvalue weighted by atomic mass is 17.3. The van der Waals surface area contributed by atoms with Crippen molar-refractivity contribution in [2.24, 2.45) is 0 Å². The number of rotatable bonds is 6. The Morgan fingerprint density at radius 3 is 2.11 bits per heavy atom. The molecule has 1 N–H and O–H groups in total. The van der Waals surface area contributed by atoms with E-state index < -0.39 is 0 Å². The quantitative estimate of drug-likeness (QED) is 0.222. The fourth-order valence-electron chi connectivity index (χ4n) is 2.58. The highest BCUT2D eigenvalue weighted by Crippen LogP contribution is 2.20. The summed E-state index contributed by atoms with van der Waals surface area (Å²) in [6.45, 7) is 0. The summed E-state index contributed by atoms with van der Waals surface area (Å²) in [7, 11) is 15.0. The van der Waals surface area contributed by atoms with Crippen molar-refractivity contribution in [2.45, 2.75) is 0 Å². The van der Waals surface area contributed by atoms with Gasteiger partial charge >= 0.3 is 6.02 Å². The van der Waals surface area contributed by atoms with Gasteiger partial charge in [0.05, 0.1) is 0 Å². The Morgan fingerprint density at radius 2 is 1.59 bits per heavy atom. The first-order valence-electron chi connectivity index (χ1n) is 8.19. The number of hydrazone groups is 2. The van der Waals surface area contributed by atoms with Crippen LogP contribution in [0.2, 0.25) is 0 Å². The molecule has 0 radical (unpaired) electrons. The van der Waals surface area contributed by atoms with Crippen molar-refractivity contribution >= 4 is 17.1 Å². The lowest BCUT2D eigenvalue weighted by Crippen LogP contribution is -2.58. The summed E-state index contributed by atoms with van der Waals surface area (Å²) < 4.78 is 0. The molecule has 0 unspecified atom stereocenters. The molecule has 150 valence electrons. The van der Waals surface area contributed by atoms with E-state index in [1.165, 1.54) is 6.07 Å². The van der Waals surface area contributed by atoms with E-state index in [0.29, 0.717) is 17.1 Å². The highest BCUT2D eigenvalue weighted by molar-refractivity contribution is 5.80. The summed E-state index contributed by atoms with van der Waals surface area (Å²) in [5.41, 5.74) is 0.786. The number of fused-ring (bicyclic) bond motifs is 1. The zero-order chi connectivity index (χ0) is 20.3. The molecule has 0 spiro atoms. The Morgan fingerprint density at radius 1 is 1.00 bits per heavy atom. The van der Waals surface area contributed by atoms with Crippen LogP contribution < -0.4 is 4.99 Å². The van der Waals surface area contributed by atoms with Crippen LogP contribution in [0.5, 0.6) is 5.75 Å². The minimum absolute atomic E-state index is 0.0120. The van der Waals surface area contributed by atoms with E-state index in [1.54, 1.807) is 22.0 Å². The van der Waals surface area contributed by atoms with Crippen LogP contribution in [0, 0.1) is 0 Å². The minimum Gasteiger partial charge on any atom is -0.506 e. The maximum absolute atomic E-state index is 9.87. The summed E-state index contributed by atoms with van der Waals surface area (Å²) in [6.07, 6.45) is 0. The predicted octanol–water partition coefficient (Wildman–Crippen LogP) is -0.926. The molecular formula is C15H28N9O3+. The van der Waals surface area contributed by atoms with Gasteiger partial charge in [-0.3, -0.25) is 0 Å². The first kappa shape index (κ1) is 20.3. The van der Waals surface area contributed by atoms with Gasteiger partial charge < -0.3 is 5.11 Å². The average Bonchev–Trinajstić information content (AvgIpc) is 2.95. The number of phenols is 1. The summed E-state index contributed by atoms with van der Waals surface area (Å²) in [6, 6.07) is 5.23. The van der Waals surface area contributed by atoms with Gasteiger partial charge in [-0.2, -0.15) is 9.88 Å². The molecule has 27 heavy (non-hydrogen) atoms. The number of phenolic OH excluding ortho intramolecular Hbond substituents is 1. The topological polar surface area (TPSA) is 88.6 Å². The Bertz CT molecular complexity index is 783. The second kappa shape index (κ2) is 8.14. The maximum atomic E-state index is 9.87. The van der Waals surface area contributed by atoms with Crippen molar-refractivity contribution in [3.05, 3.63) is 18.2 Å². The van der Waals surface area contributed by atoms with Crippen LogP contribution in [0.25, 0.3) is 11.0 Å². The zero-order valence-corrected chi connectivity index (χ0v) is 17.0. The van der Waals surface area contributed by atoms with Crippen LogP contribution in [-0.2, 0) is 4.89 Å². The number of aromatic hydroxyl groups is 1. The van der Waals surface area contributed by atoms with Gasteiger partial charge in [0.25, 0.3) is 0 Å². The van der Waals surface area contributed by atoms with Crippen LogP contribution in [0.15, 0.2) is 18.2 Å². The monoisotopic (exact) mass is 382 g/mol. The van der Waals surface area contributed by atoms with Gasteiger partial charge in [0, 0.05) is 56.4 Å². The molecule has 0 aliphatic heterocycles. The third-order valence-corrected chi connectivity index (χ3v) is 3.47. The molecule has 1 aromatic carbocycles. The summed E-state index contributed by atoms with van der Waals surface area (Å²) in [4.78, 5) is 14.0. The van der Waals surface area contributed by atoms with E-state index in [-0.39, 0.29) is 5.75 Å². The third-order valence-electron chi connectivity index (χ3n) is 3.47. The van der Waals surface area contributed by atoms with Gasteiger partial charge in [-0.25, -0.2) is 10.0 Å². The Kier molecular flexibility index (Phi) is 6.13. The van der Waals surface area contributed by atoms with Gasteiger partial charge in [-0.1, -0.05) is 11.2 Å². The Balaban J connectivity index is 2.45. The van der Waals surface area contributed by atoms with Gasteiger partial charge in [0.1, 0.15) is 11.3 Å². The van der Waals surface area contributed by atoms with E-state index in [9.17, 15) is 5.11 Å². The van der Waals surface area contributed by atoms with Crippen LogP contribution in [0.1, 0.15) is 0 Å². The molecule has 0 saturated heterocycles. The largest absolute Gasteiger partial charge is 0.576 e. The lowest BCUT2D eigenvalue weighted by atomic mass is 10.3. The smallest absolute Gasteiger partial charge is 0.506 e.